The topological polar surface area (TPSA) is 107 Å². The van der Waals surface area contributed by atoms with Crippen LogP contribution in [0.2, 0.25) is 0 Å². The van der Waals surface area contributed by atoms with Crippen molar-refractivity contribution in [3.05, 3.63) is 54.3 Å². The Kier molecular flexibility index (Phi) is 5.48. The summed E-state index contributed by atoms with van der Waals surface area (Å²) in [4.78, 5) is 8.75. The van der Waals surface area contributed by atoms with E-state index in [4.69, 9.17) is 4.42 Å². The smallest absolute Gasteiger partial charge is 0.279 e. The van der Waals surface area contributed by atoms with Gasteiger partial charge in [0.2, 0.25) is 0 Å². The van der Waals surface area contributed by atoms with Gasteiger partial charge in [-0.2, -0.15) is 0 Å². The summed E-state index contributed by atoms with van der Waals surface area (Å²) in [5.41, 5.74) is 2.62. The maximum Gasteiger partial charge on any atom is 0.279 e. The minimum atomic E-state index is -2.90. The Morgan fingerprint density at radius 2 is 2.12 bits per heavy atom. The molecular formula is C21H22F2N8O. The van der Waals surface area contributed by atoms with E-state index in [9.17, 15) is 8.78 Å². The van der Waals surface area contributed by atoms with Crippen LogP contribution in [-0.2, 0) is 6.42 Å². The largest absolute Gasteiger partial charge is 0.440 e. The number of oxazole rings is 1. The highest BCUT2D eigenvalue weighted by atomic mass is 19.3. The van der Waals surface area contributed by atoms with E-state index in [0.717, 1.165) is 24.1 Å². The van der Waals surface area contributed by atoms with Gasteiger partial charge in [0.05, 0.1) is 24.7 Å². The predicted molar refractivity (Wildman–Crippen MR) is 113 cm³/mol. The zero-order chi connectivity index (χ0) is 22.0. The fourth-order valence-electron chi connectivity index (χ4n) is 3.96. The van der Waals surface area contributed by atoms with Gasteiger partial charge in [-0.1, -0.05) is 24.6 Å². The number of fused-ring (bicyclic) bond motifs is 1. The number of benzene rings is 1. The standard InChI is InChI=1S/C21H22F2N8O/c22-21(23,17-7-3-4-9-24-17)12-26-20-19-16(8-10-25-20)32-18(28-19)11-14-5-1-2-6-15(14)31-13-27-29-30-31/h1-2,5-6,8,10,13,17,24H,3-4,7,9,11-12H2,(H,25,26). The molecule has 5 rings (SSSR count). The van der Waals surface area contributed by atoms with Crippen LogP contribution in [0, 0.1) is 0 Å². The van der Waals surface area contributed by atoms with E-state index in [1.807, 2.05) is 24.3 Å². The van der Waals surface area contributed by atoms with Crippen molar-refractivity contribution in [3.63, 3.8) is 0 Å². The van der Waals surface area contributed by atoms with E-state index < -0.39 is 18.5 Å². The maximum absolute atomic E-state index is 14.7. The number of hydrogen-bond acceptors (Lipinski definition) is 8. The lowest BCUT2D eigenvalue weighted by molar-refractivity contribution is -0.0319. The molecule has 1 aliphatic rings. The van der Waals surface area contributed by atoms with Crippen LogP contribution in [0.4, 0.5) is 14.6 Å². The van der Waals surface area contributed by atoms with Gasteiger partial charge in [0.1, 0.15) is 6.33 Å². The molecule has 0 spiro atoms. The van der Waals surface area contributed by atoms with E-state index in [1.54, 1.807) is 10.7 Å². The van der Waals surface area contributed by atoms with Gasteiger partial charge >= 0.3 is 0 Å². The van der Waals surface area contributed by atoms with Gasteiger partial charge < -0.3 is 15.1 Å². The van der Waals surface area contributed by atoms with E-state index >= 15 is 0 Å². The van der Waals surface area contributed by atoms with Crippen LogP contribution >= 0.6 is 0 Å². The molecule has 1 aliphatic heterocycles. The Balaban J connectivity index is 1.36. The SMILES string of the molecule is FC(F)(CNc1nccc2oc(Cc3ccccc3-n3cnnn3)nc12)C1CCCCN1. The molecule has 1 fully saturated rings. The zero-order valence-electron chi connectivity index (χ0n) is 17.2. The minimum Gasteiger partial charge on any atom is -0.440 e. The van der Waals surface area contributed by atoms with Gasteiger partial charge in [0.25, 0.3) is 5.92 Å². The molecule has 9 nitrogen and oxygen atoms in total. The van der Waals surface area contributed by atoms with Gasteiger partial charge in [0.15, 0.2) is 22.8 Å². The van der Waals surface area contributed by atoms with Crippen molar-refractivity contribution in [2.75, 3.05) is 18.4 Å². The second kappa shape index (κ2) is 8.58. The number of aromatic nitrogens is 6. The molecule has 11 heteroatoms. The summed E-state index contributed by atoms with van der Waals surface area (Å²) in [6, 6.07) is 8.46. The second-order valence-electron chi connectivity index (χ2n) is 7.79. The summed E-state index contributed by atoms with van der Waals surface area (Å²) in [6.45, 7) is 0.0912. The summed E-state index contributed by atoms with van der Waals surface area (Å²) < 4.78 is 36.7. The van der Waals surface area contributed by atoms with Gasteiger partial charge in [-0.15, -0.1) is 5.10 Å². The molecule has 4 aromatic rings. The van der Waals surface area contributed by atoms with Gasteiger partial charge in [-0.3, -0.25) is 0 Å². The number of halogens is 2. The van der Waals surface area contributed by atoms with Crippen molar-refractivity contribution >= 4 is 16.9 Å². The van der Waals surface area contributed by atoms with Gasteiger partial charge in [-0.05, 0) is 41.4 Å². The summed E-state index contributed by atoms with van der Waals surface area (Å²) in [7, 11) is 0. The fourth-order valence-corrected chi connectivity index (χ4v) is 3.96. The normalized spacial score (nSPS) is 17.0. The second-order valence-corrected chi connectivity index (χ2v) is 7.79. The average molecular weight is 440 g/mol. The molecule has 0 saturated carbocycles. The lowest BCUT2D eigenvalue weighted by atomic mass is 9.99. The first-order valence-corrected chi connectivity index (χ1v) is 10.5. The zero-order valence-corrected chi connectivity index (χ0v) is 17.2. The molecule has 1 aromatic carbocycles. The van der Waals surface area contributed by atoms with Gasteiger partial charge in [0, 0.05) is 12.3 Å². The minimum absolute atomic E-state index is 0.279. The number of nitrogens with one attached hydrogen (secondary N) is 2. The molecule has 2 N–H and O–H groups in total. The van der Waals surface area contributed by atoms with Crippen molar-refractivity contribution in [2.24, 2.45) is 0 Å². The highest BCUT2D eigenvalue weighted by Crippen LogP contribution is 2.28. The van der Waals surface area contributed by atoms with Crippen LogP contribution in [-0.4, -0.2) is 55.2 Å². The first kappa shape index (κ1) is 20.4. The van der Waals surface area contributed by atoms with Crippen molar-refractivity contribution in [2.45, 2.75) is 37.6 Å². The highest BCUT2D eigenvalue weighted by molar-refractivity contribution is 5.84. The summed E-state index contributed by atoms with van der Waals surface area (Å²) in [5, 5.41) is 17.0. The molecule has 0 amide bonds. The first-order chi connectivity index (χ1) is 15.6. The number of tetrazole rings is 1. The number of piperidine rings is 1. The summed E-state index contributed by atoms with van der Waals surface area (Å²) >= 11 is 0. The molecule has 1 unspecified atom stereocenters. The average Bonchev–Trinajstić information content (AvgIpc) is 3.49. The van der Waals surface area contributed by atoms with E-state index in [-0.39, 0.29) is 5.82 Å². The maximum atomic E-state index is 14.7. The third-order valence-electron chi connectivity index (χ3n) is 5.59. The summed E-state index contributed by atoms with van der Waals surface area (Å²) in [6.07, 6.45) is 5.61. The van der Waals surface area contributed by atoms with Crippen molar-refractivity contribution in [1.29, 1.82) is 0 Å². The predicted octanol–water partition coefficient (Wildman–Crippen LogP) is 2.98. The molecule has 0 bridgehead atoms. The van der Waals surface area contributed by atoms with Crippen LogP contribution in [0.3, 0.4) is 0 Å². The molecule has 32 heavy (non-hydrogen) atoms. The third kappa shape index (κ3) is 4.15. The van der Waals surface area contributed by atoms with Crippen LogP contribution in [0.15, 0.2) is 47.3 Å². The first-order valence-electron chi connectivity index (χ1n) is 10.5. The molecule has 3 aromatic heterocycles. The fraction of sp³-hybridized carbons (Fsp3) is 0.381. The van der Waals surface area contributed by atoms with Crippen LogP contribution < -0.4 is 10.6 Å². The number of pyridine rings is 1. The Hall–Kier alpha value is -3.47. The van der Waals surface area contributed by atoms with E-state index in [0.29, 0.717) is 36.4 Å². The van der Waals surface area contributed by atoms with Crippen LogP contribution in [0.25, 0.3) is 16.8 Å². The highest BCUT2D eigenvalue weighted by Gasteiger charge is 2.40. The Morgan fingerprint density at radius 3 is 2.94 bits per heavy atom. The molecule has 0 aliphatic carbocycles. The molecular weight excluding hydrogens is 418 g/mol. The Bertz CT molecular complexity index is 1190. The van der Waals surface area contributed by atoms with Crippen LogP contribution in [0.1, 0.15) is 30.7 Å². The molecule has 1 saturated heterocycles. The molecule has 0 radical (unpaired) electrons. The molecule has 166 valence electrons. The van der Waals surface area contributed by atoms with Crippen LogP contribution in [0.5, 0.6) is 0 Å². The quantitative estimate of drug-likeness (QED) is 0.452. The number of nitrogens with zero attached hydrogens (tertiary/aromatic N) is 6. The van der Waals surface area contributed by atoms with Gasteiger partial charge in [-0.25, -0.2) is 23.4 Å². The number of para-hydroxylation sites is 1. The number of alkyl halides is 2. The van der Waals surface area contributed by atoms with Crippen molar-refractivity contribution in [1.82, 2.24) is 35.5 Å². The third-order valence-corrected chi connectivity index (χ3v) is 5.59. The number of anilines is 1. The van der Waals surface area contributed by atoms with Crippen molar-refractivity contribution < 1.29 is 13.2 Å². The molecule has 4 heterocycles. The Morgan fingerprint density at radius 1 is 1.22 bits per heavy atom. The number of rotatable bonds is 7. The summed E-state index contributed by atoms with van der Waals surface area (Å²) in [5.74, 6) is -2.18. The number of hydrogen-bond donors (Lipinski definition) is 2. The Labute approximate surface area is 182 Å². The lowest BCUT2D eigenvalue weighted by Crippen LogP contribution is -2.51. The monoisotopic (exact) mass is 440 g/mol. The lowest BCUT2D eigenvalue weighted by Gasteiger charge is -2.31. The molecule has 1 atom stereocenters. The van der Waals surface area contributed by atoms with Crippen molar-refractivity contribution in [3.8, 4) is 5.69 Å². The van der Waals surface area contributed by atoms with E-state index in [1.165, 1.54) is 12.5 Å². The van der Waals surface area contributed by atoms with E-state index in [2.05, 4.69) is 36.1 Å².